The van der Waals surface area contributed by atoms with E-state index in [0.29, 0.717) is 5.92 Å². The highest BCUT2D eigenvalue weighted by molar-refractivity contribution is 6.28. The molecular weight excluding hydrogens is 617 g/mol. The molecule has 0 fully saturated rings. The molecule has 0 radical (unpaired) electrons. The van der Waals surface area contributed by atoms with Crippen LogP contribution in [0.25, 0.3) is 53.9 Å². The van der Waals surface area contributed by atoms with Gasteiger partial charge in [0.05, 0.1) is 17.4 Å². The highest BCUT2D eigenvalue weighted by atomic mass is 15.2. The highest BCUT2D eigenvalue weighted by Crippen LogP contribution is 2.48. The van der Waals surface area contributed by atoms with Gasteiger partial charge >= 0.3 is 0 Å². The summed E-state index contributed by atoms with van der Waals surface area (Å²) in [7, 11) is 0. The predicted octanol–water partition coefficient (Wildman–Crippen LogP) is 13.6. The Morgan fingerprint density at radius 2 is 0.863 bits per heavy atom. The number of anilines is 5. The number of rotatable bonds is 6. The van der Waals surface area contributed by atoms with Crippen LogP contribution in [0.3, 0.4) is 0 Å². The van der Waals surface area contributed by atoms with E-state index in [-0.39, 0.29) is 6.04 Å². The van der Waals surface area contributed by atoms with Crippen LogP contribution in [0.1, 0.15) is 6.92 Å². The molecule has 0 N–H and O–H groups in total. The van der Waals surface area contributed by atoms with Gasteiger partial charge in [-0.05, 0) is 74.6 Å². The van der Waals surface area contributed by atoms with Gasteiger partial charge in [-0.15, -0.1) is 0 Å². The number of benzene rings is 9. The minimum atomic E-state index is 0.162. The lowest BCUT2D eigenvalue weighted by Crippen LogP contribution is -2.35. The number of hydrogen-bond acceptors (Lipinski definition) is 2. The molecule has 0 bridgehead atoms. The number of nitrogens with zero attached hydrogens (tertiary/aromatic N) is 2. The maximum Gasteiger partial charge on any atom is 0.0585 e. The van der Waals surface area contributed by atoms with Crippen molar-refractivity contribution in [2.75, 3.05) is 9.80 Å². The highest BCUT2D eigenvalue weighted by Gasteiger charge is 2.28. The van der Waals surface area contributed by atoms with Crippen LogP contribution >= 0.6 is 0 Å². The number of fused-ring (bicyclic) bond motifs is 2. The Balaban J connectivity index is 1.26. The van der Waals surface area contributed by atoms with E-state index in [1.807, 2.05) is 0 Å². The zero-order chi connectivity index (χ0) is 33.9. The van der Waals surface area contributed by atoms with Crippen molar-refractivity contribution in [3.63, 3.8) is 0 Å². The lowest BCUT2D eigenvalue weighted by atomic mass is 9.89. The fraction of sp³-hybridized carbons (Fsp3) is 0.0612. The number of para-hydroxylation sites is 1. The molecule has 0 heterocycles. The first kappa shape index (κ1) is 29.5. The molecule has 9 aromatic carbocycles. The molecule has 1 aliphatic carbocycles. The average molecular weight is 653 g/mol. The number of hydrogen-bond donors (Lipinski definition) is 0. The summed E-state index contributed by atoms with van der Waals surface area (Å²) >= 11 is 0. The Labute approximate surface area is 298 Å². The molecule has 2 heteroatoms. The Morgan fingerprint density at radius 1 is 0.373 bits per heavy atom. The molecule has 2 unspecified atom stereocenters. The molecule has 2 atom stereocenters. The van der Waals surface area contributed by atoms with Crippen LogP contribution in [-0.4, -0.2) is 6.04 Å². The summed E-state index contributed by atoms with van der Waals surface area (Å²) in [6, 6.07) is 60.4. The van der Waals surface area contributed by atoms with E-state index < -0.39 is 0 Å². The molecule has 51 heavy (non-hydrogen) atoms. The summed E-state index contributed by atoms with van der Waals surface area (Å²) in [6.07, 6.45) is 9.08. The van der Waals surface area contributed by atoms with Crippen LogP contribution in [0.5, 0.6) is 0 Å². The molecule has 0 amide bonds. The summed E-state index contributed by atoms with van der Waals surface area (Å²) in [5.41, 5.74) is 5.93. The molecule has 0 aromatic heterocycles. The Bertz CT molecular complexity index is 2780. The second-order valence-electron chi connectivity index (χ2n) is 13.7. The molecule has 2 nitrogen and oxygen atoms in total. The zero-order valence-electron chi connectivity index (χ0n) is 28.4. The quantitative estimate of drug-likeness (QED) is 0.165. The van der Waals surface area contributed by atoms with Gasteiger partial charge in [0.25, 0.3) is 0 Å². The van der Waals surface area contributed by atoms with Crippen molar-refractivity contribution >= 4 is 82.3 Å². The third kappa shape index (κ3) is 4.71. The van der Waals surface area contributed by atoms with Crippen molar-refractivity contribution in [3.8, 4) is 0 Å². The predicted molar refractivity (Wildman–Crippen MR) is 220 cm³/mol. The molecule has 1 aliphatic rings. The van der Waals surface area contributed by atoms with E-state index in [9.17, 15) is 0 Å². The number of allylic oxidation sites excluding steroid dienone is 2. The van der Waals surface area contributed by atoms with Gasteiger partial charge < -0.3 is 9.80 Å². The van der Waals surface area contributed by atoms with Crippen LogP contribution in [0.15, 0.2) is 188 Å². The molecule has 9 aromatic rings. The molecule has 242 valence electrons. The lowest BCUT2D eigenvalue weighted by molar-refractivity contribution is 0.611. The summed E-state index contributed by atoms with van der Waals surface area (Å²) < 4.78 is 0. The van der Waals surface area contributed by atoms with E-state index in [1.165, 1.54) is 76.6 Å². The van der Waals surface area contributed by atoms with Crippen LogP contribution in [0.2, 0.25) is 0 Å². The van der Waals surface area contributed by atoms with Crippen molar-refractivity contribution in [3.05, 3.63) is 188 Å². The van der Waals surface area contributed by atoms with Crippen LogP contribution in [0.4, 0.5) is 28.4 Å². The minimum Gasteiger partial charge on any atom is -0.333 e. The van der Waals surface area contributed by atoms with E-state index in [0.717, 1.165) is 5.69 Å². The second-order valence-corrected chi connectivity index (χ2v) is 13.7. The molecule has 0 spiro atoms. The fourth-order valence-electron chi connectivity index (χ4n) is 8.46. The molecule has 0 saturated carbocycles. The van der Waals surface area contributed by atoms with E-state index in [1.54, 1.807) is 0 Å². The Kier molecular flexibility index (Phi) is 6.89. The van der Waals surface area contributed by atoms with Gasteiger partial charge in [0.2, 0.25) is 0 Å². The van der Waals surface area contributed by atoms with Gasteiger partial charge in [0.1, 0.15) is 0 Å². The Morgan fingerprint density at radius 3 is 1.55 bits per heavy atom. The van der Waals surface area contributed by atoms with Gasteiger partial charge in [-0.2, -0.15) is 0 Å². The second kappa shape index (κ2) is 11.9. The largest absolute Gasteiger partial charge is 0.333 e. The first-order chi connectivity index (χ1) is 25.2. The average Bonchev–Trinajstić information content (AvgIpc) is 3.19. The monoisotopic (exact) mass is 652 g/mol. The van der Waals surface area contributed by atoms with Gasteiger partial charge in [-0.25, -0.2) is 0 Å². The third-order valence-corrected chi connectivity index (χ3v) is 10.8. The van der Waals surface area contributed by atoms with E-state index in [4.69, 9.17) is 0 Å². The Hall–Kier alpha value is -6.38. The normalized spacial score (nSPS) is 15.8. The molecule has 0 saturated heterocycles. The van der Waals surface area contributed by atoms with Gasteiger partial charge in [0.15, 0.2) is 0 Å². The smallest absolute Gasteiger partial charge is 0.0585 e. The van der Waals surface area contributed by atoms with Crippen LogP contribution in [-0.2, 0) is 0 Å². The van der Waals surface area contributed by atoms with Gasteiger partial charge in [-0.3, -0.25) is 0 Å². The maximum atomic E-state index is 2.59. The summed E-state index contributed by atoms with van der Waals surface area (Å²) in [5, 5.41) is 12.6. The van der Waals surface area contributed by atoms with Crippen molar-refractivity contribution in [1.29, 1.82) is 0 Å². The van der Waals surface area contributed by atoms with Crippen molar-refractivity contribution in [1.82, 2.24) is 0 Å². The molecule has 10 rings (SSSR count). The molecular formula is C49H36N2. The lowest BCUT2D eigenvalue weighted by Gasteiger charge is -2.37. The van der Waals surface area contributed by atoms with Gasteiger partial charge in [-0.1, -0.05) is 159 Å². The van der Waals surface area contributed by atoms with Crippen molar-refractivity contribution in [2.45, 2.75) is 13.0 Å². The van der Waals surface area contributed by atoms with E-state index >= 15 is 0 Å². The maximum absolute atomic E-state index is 2.59. The van der Waals surface area contributed by atoms with Crippen molar-refractivity contribution < 1.29 is 0 Å². The first-order valence-electron chi connectivity index (χ1n) is 17.9. The summed E-state index contributed by atoms with van der Waals surface area (Å²) in [4.78, 5) is 5.03. The standard InChI is InChI=1S/C49H36N2/c1-33-13-5-10-22-43(33)51(45-24-12-17-35-15-7-9-21-40(35)45)47-32-28-37-25-29-41-46(31-27-36-26-30-42(47)49(37)48(36)41)50(38-18-3-2-4-19-38)44-23-11-16-34-14-6-8-20-39(34)44/h2-33,43H,1H3. The summed E-state index contributed by atoms with van der Waals surface area (Å²) in [6.45, 7) is 2.33. The summed E-state index contributed by atoms with van der Waals surface area (Å²) in [5.74, 6) is 0.333. The first-order valence-corrected chi connectivity index (χ1v) is 17.9. The SMILES string of the molecule is CC1C=CC=CC1N(c1cccc2ccccc12)c1ccc2ccc3c(N(c4ccccc4)c4cccc5ccccc45)ccc4ccc1c2c43. The fourth-order valence-corrected chi connectivity index (χ4v) is 8.46. The van der Waals surface area contributed by atoms with Gasteiger partial charge in [0, 0.05) is 38.6 Å². The van der Waals surface area contributed by atoms with E-state index in [2.05, 4.69) is 205 Å². The zero-order valence-corrected chi connectivity index (χ0v) is 28.4. The van der Waals surface area contributed by atoms with Crippen LogP contribution < -0.4 is 9.80 Å². The topological polar surface area (TPSA) is 6.48 Å². The minimum absolute atomic E-state index is 0.162. The third-order valence-electron chi connectivity index (χ3n) is 10.8. The molecule has 0 aliphatic heterocycles. The van der Waals surface area contributed by atoms with Crippen LogP contribution in [0, 0.1) is 5.92 Å². The van der Waals surface area contributed by atoms with Crippen molar-refractivity contribution in [2.24, 2.45) is 5.92 Å².